The van der Waals surface area contributed by atoms with Gasteiger partial charge in [0.15, 0.2) is 5.75 Å². The van der Waals surface area contributed by atoms with Crippen molar-refractivity contribution in [2.24, 2.45) is 5.92 Å². The summed E-state index contributed by atoms with van der Waals surface area (Å²) < 4.78 is 40.9. The van der Waals surface area contributed by atoms with Crippen LogP contribution in [0, 0.1) is 5.92 Å². The van der Waals surface area contributed by atoms with E-state index in [0.717, 1.165) is 6.42 Å². The highest BCUT2D eigenvalue weighted by molar-refractivity contribution is 5.56. The van der Waals surface area contributed by atoms with Gasteiger partial charge in [0.05, 0.1) is 5.69 Å². The van der Waals surface area contributed by atoms with Crippen LogP contribution in [0.2, 0.25) is 0 Å². The molecule has 1 N–H and O–H groups in total. The number of para-hydroxylation sites is 2. The lowest BCUT2D eigenvalue weighted by atomic mass is 9.81. The van der Waals surface area contributed by atoms with Gasteiger partial charge in [0, 0.05) is 6.04 Å². The Morgan fingerprint density at radius 3 is 2.58 bits per heavy atom. The summed E-state index contributed by atoms with van der Waals surface area (Å²) in [7, 11) is 0. The normalized spacial score (nSPS) is 17.7. The van der Waals surface area contributed by atoms with E-state index < -0.39 is 6.36 Å². The van der Waals surface area contributed by atoms with Crippen molar-refractivity contribution in [3.63, 3.8) is 0 Å². The van der Waals surface area contributed by atoms with Crippen LogP contribution >= 0.6 is 0 Å². The lowest BCUT2D eigenvalue weighted by molar-refractivity contribution is -0.274. The van der Waals surface area contributed by atoms with Gasteiger partial charge in [-0.1, -0.05) is 31.4 Å². The van der Waals surface area contributed by atoms with Gasteiger partial charge in [-0.3, -0.25) is 0 Å². The van der Waals surface area contributed by atoms with Crippen LogP contribution in [-0.4, -0.2) is 12.4 Å². The van der Waals surface area contributed by atoms with Gasteiger partial charge in [0.25, 0.3) is 0 Å². The molecule has 2 rings (SSSR count). The molecular weight excluding hydrogens is 255 g/mol. The molecule has 0 heterocycles. The highest BCUT2D eigenvalue weighted by Crippen LogP contribution is 2.33. The fraction of sp³-hybridized carbons (Fsp3) is 0.571. The van der Waals surface area contributed by atoms with Crippen LogP contribution in [0.5, 0.6) is 5.75 Å². The molecule has 0 saturated heterocycles. The molecule has 1 aliphatic carbocycles. The van der Waals surface area contributed by atoms with Crippen LogP contribution in [0.1, 0.15) is 32.6 Å². The van der Waals surface area contributed by atoms with Gasteiger partial charge in [-0.25, -0.2) is 0 Å². The second-order valence-electron chi connectivity index (χ2n) is 5.12. The molecule has 1 unspecified atom stereocenters. The number of rotatable bonds is 5. The van der Waals surface area contributed by atoms with E-state index >= 15 is 0 Å². The molecule has 0 aliphatic heterocycles. The van der Waals surface area contributed by atoms with Gasteiger partial charge in [-0.15, -0.1) is 13.2 Å². The lowest BCUT2D eigenvalue weighted by Crippen LogP contribution is -2.24. The number of hydrogen-bond acceptors (Lipinski definition) is 2. The monoisotopic (exact) mass is 273 g/mol. The molecule has 0 aromatic heterocycles. The fourth-order valence-corrected chi connectivity index (χ4v) is 2.35. The van der Waals surface area contributed by atoms with Gasteiger partial charge >= 0.3 is 6.36 Å². The van der Waals surface area contributed by atoms with E-state index in [2.05, 4.69) is 10.1 Å². The van der Waals surface area contributed by atoms with Crippen LogP contribution in [0.25, 0.3) is 0 Å². The largest absolute Gasteiger partial charge is 0.573 e. The lowest BCUT2D eigenvalue weighted by Gasteiger charge is -2.29. The number of halogens is 3. The summed E-state index contributed by atoms with van der Waals surface area (Å²) in [4.78, 5) is 0. The Kier molecular flexibility index (Phi) is 4.22. The molecule has 1 fully saturated rings. The fourth-order valence-electron chi connectivity index (χ4n) is 2.35. The maximum absolute atomic E-state index is 12.3. The predicted octanol–water partition coefficient (Wildman–Crippen LogP) is 4.58. The van der Waals surface area contributed by atoms with Crippen LogP contribution in [0.15, 0.2) is 24.3 Å². The summed E-state index contributed by atoms with van der Waals surface area (Å²) in [5.41, 5.74) is 0.395. The Balaban J connectivity index is 1.98. The molecule has 0 radical (unpaired) electrons. The van der Waals surface area contributed by atoms with E-state index in [4.69, 9.17) is 0 Å². The molecule has 0 bridgehead atoms. The molecule has 0 amide bonds. The second-order valence-corrected chi connectivity index (χ2v) is 5.12. The van der Waals surface area contributed by atoms with Crippen molar-refractivity contribution in [1.29, 1.82) is 0 Å². The van der Waals surface area contributed by atoms with Crippen LogP contribution < -0.4 is 10.1 Å². The van der Waals surface area contributed by atoms with Gasteiger partial charge in [0.1, 0.15) is 0 Å². The summed E-state index contributed by atoms with van der Waals surface area (Å²) in [6.45, 7) is 1.99. The first-order valence-corrected chi connectivity index (χ1v) is 6.55. The number of ether oxygens (including phenoxy) is 1. The Labute approximate surface area is 111 Å². The van der Waals surface area contributed by atoms with Crippen molar-refractivity contribution in [3.05, 3.63) is 24.3 Å². The highest BCUT2D eigenvalue weighted by Gasteiger charge is 2.32. The Morgan fingerprint density at radius 2 is 2.00 bits per heavy atom. The van der Waals surface area contributed by atoms with Crippen molar-refractivity contribution in [3.8, 4) is 5.75 Å². The second kappa shape index (κ2) is 5.72. The minimum atomic E-state index is -4.66. The highest BCUT2D eigenvalue weighted by atomic mass is 19.4. The number of alkyl halides is 3. The van der Waals surface area contributed by atoms with Crippen molar-refractivity contribution >= 4 is 5.69 Å². The maximum atomic E-state index is 12.3. The topological polar surface area (TPSA) is 21.3 Å². The minimum Gasteiger partial charge on any atom is -0.404 e. The van der Waals surface area contributed by atoms with Crippen molar-refractivity contribution in [2.75, 3.05) is 5.32 Å². The quantitative estimate of drug-likeness (QED) is 0.848. The molecule has 1 atom stereocenters. The maximum Gasteiger partial charge on any atom is 0.573 e. The SMILES string of the molecule is CC(CC1CCC1)Nc1ccccc1OC(F)(F)F. The number of hydrogen-bond donors (Lipinski definition) is 1. The van der Waals surface area contributed by atoms with Crippen molar-refractivity contribution in [1.82, 2.24) is 0 Å². The third kappa shape index (κ3) is 4.33. The Hall–Kier alpha value is -1.39. The van der Waals surface area contributed by atoms with Crippen LogP contribution in [-0.2, 0) is 0 Å². The number of nitrogens with one attached hydrogen (secondary N) is 1. The predicted molar refractivity (Wildman–Crippen MR) is 68.2 cm³/mol. The summed E-state index contributed by atoms with van der Waals surface area (Å²) in [6, 6.07) is 6.30. The van der Waals surface area contributed by atoms with Crippen LogP contribution in [0.4, 0.5) is 18.9 Å². The third-order valence-electron chi connectivity index (χ3n) is 3.43. The molecule has 1 saturated carbocycles. The molecule has 0 spiro atoms. The van der Waals surface area contributed by atoms with E-state index in [1.807, 2.05) is 6.92 Å². The van der Waals surface area contributed by atoms with Crippen LogP contribution in [0.3, 0.4) is 0 Å². The zero-order chi connectivity index (χ0) is 13.9. The summed E-state index contributed by atoms with van der Waals surface area (Å²) >= 11 is 0. The van der Waals surface area contributed by atoms with E-state index in [-0.39, 0.29) is 11.8 Å². The first-order valence-electron chi connectivity index (χ1n) is 6.55. The van der Waals surface area contributed by atoms with Crippen molar-refractivity contribution in [2.45, 2.75) is 45.0 Å². The molecule has 1 aromatic rings. The summed E-state index contributed by atoms with van der Waals surface area (Å²) in [6.07, 6.45) is 0.0555. The average molecular weight is 273 g/mol. The molecule has 106 valence electrons. The van der Waals surface area contributed by atoms with E-state index in [9.17, 15) is 13.2 Å². The van der Waals surface area contributed by atoms with Crippen molar-refractivity contribution < 1.29 is 17.9 Å². The zero-order valence-electron chi connectivity index (χ0n) is 10.8. The number of benzene rings is 1. The minimum absolute atomic E-state index is 0.142. The molecule has 1 aromatic carbocycles. The summed E-state index contributed by atoms with van der Waals surface area (Å²) in [5, 5.41) is 3.11. The Morgan fingerprint density at radius 1 is 1.32 bits per heavy atom. The smallest absolute Gasteiger partial charge is 0.404 e. The zero-order valence-corrected chi connectivity index (χ0v) is 10.8. The van der Waals surface area contributed by atoms with E-state index in [1.54, 1.807) is 12.1 Å². The van der Waals surface area contributed by atoms with E-state index in [1.165, 1.54) is 31.4 Å². The Bertz CT molecular complexity index is 415. The van der Waals surface area contributed by atoms with Gasteiger partial charge in [0.2, 0.25) is 0 Å². The van der Waals surface area contributed by atoms with Gasteiger partial charge in [-0.05, 0) is 31.4 Å². The molecular formula is C14H18F3NO. The van der Waals surface area contributed by atoms with Gasteiger partial charge in [-0.2, -0.15) is 0 Å². The molecule has 19 heavy (non-hydrogen) atoms. The first-order chi connectivity index (χ1) is 8.94. The first kappa shape index (κ1) is 14.0. The third-order valence-corrected chi connectivity index (χ3v) is 3.43. The number of anilines is 1. The van der Waals surface area contributed by atoms with Gasteiger partial charge < -0.3 is 10.1 Å². The average Bonchev–Trinajstić information content (AvgIpc) is 2.24. The molecule has 5 heteroatoms. The molecule has 2 nitrogen and oxygen atoms in total. The standard InChI is InChI=1S/C14H18F3NO/c1-10(9-11-5-4-6-11)18-12-7-2-3-8-13(12)19-14(15,16)17/h2-3,7-8,10-11,18H,4-6,9H2,1H3. The molecule has 1 aliphatic rings. The van der Waals surface area contributed by atoms with E-state index in [0.29, 0.717) is 11.6 Å². The summed E-state index contributed by atoms with van der Waals surface area (Å²) in [5.74, 6) is 0.536.